The number of aliphatic hydroxyl groups excluding tert-OH is 1. The smallest absolute Gasteiger partial charge is 0.266 e. The quantitative estimate of drug-likeness (QED) is 0.777. The molecule has 0 atom stereocenters. The van der Waals surface area contributed by atoms with Gasteiger partial charge < -0.3 is 10.0 Å². The topological polar surface area (TPSA) is 53.4 Å². The van der Waals surface area contributed by atoms with Gasteiger partial charge in [0.05, 0.1) is 5.69 Å². The molecule has 0 radical (unpaired) electrons. The number of amides is 1. The number of hydrogen-bond acceptors (Lipinski definition) is 4. The first-order chi connectivity index (χ1) is 11.6. The lowest BCUT2D eigenvalue weighted by Gasteiger charge is -2.21. The standard InChI is InChI=1S/C18H21FN2O2S/c1-12-16(18(23)21(15-8-9-15)10-2-3-11-22)24-17(20-12)13-4-6-14(19)7-5-13/h4-7,15,22H,2-3,8-11H2,1H3. The van der Waals surface area contributed by atoms with E-state index in [0.29, 0.717) is 23.9 Å². The average Bonchev–Trinajstić information content (AvgIpc) is 3.33. The van der Waals surface area contributed by atoms with Gasteiger partial charge in [-0.05, 0) is 56.9 Å². The molecule has 3 rings (SSSR count). The minimum absolute atomic E-state index is 0.0267. The Kier molecular flexibility index (Phi) is 5.26. The fourth-order valence-corrected chi connectivity index (χ4v) is 3.70. The maximum absolute atomic E-state index is 13.1. The Balaban J connectivity index is 1.80. The number of aromatic nitrogens is 1. The van der Waals surface area contributed by atoms with Crippen LogP contribution >= 0.6 is 11.3 Å². The van der Waals surface area contributed by atoms with Crippen molar-refractivity contribution in [2.24, 2.45) is 0 Å². The van der Waals surface area contributed by atoms with Crippen LogP contribution in [0.15, 0.2) is 24.3 Å². The van der Waals surface area contributed by atoms with Crippen LogP contribution < -0.4 is 0 Å². The first kappa shape index (κ1) is 17.0. The summed E-state index contributed by atoms with van der Waals surface area (Å²) in [5.41, 5.74) is 1.54. The van der Waals surface area contributed by atoms with Crippen LogP contribution in [0.25, 0.3) is 10.6 Å². The highest BCUT2D eigenvalue weighted by atomic mass is 32.1. The van der Waals surface area contributed by atoms with Gasteiger partial charge >= 0.3 is 0 Å². The maximum atomic E-state index is 13.1. The second-order valence-corrected chi connectivity index (χ2v) is 7.10. The summed E-state index contributed by atoms with van der Waals surface area (Å²) in [6.07, 6.45) is 3.61. The summed E-state index contributed by atoms with van der Waals surface area (Å²) in [4.78, 5) is 20.0. The van der Waals surface area contributed by atoms with Gasteiger partial charge in [-0.3, -0.25) is 4.79 Å². The number of benzene rings is 1. The summed E-state index contributed by atoms with van der Waals surface area (Å²) < 4.78 is 13.1. The van der Waals surface area contributed by atoms with Crippen LogP contribution in [0, 0.1) is 12.7 Å². The van der Waals surface area contributed by atoms with Crippen molar-refractivity contribution < 1.29 is 14.3 Å². The van der Waals surface area contributed by atoms with E-state index in [0.717, 1.165) is 35.5 Å². The zero-order valence-corrected chi connectivity index (χ0v) is 14.5. The van der Waals surface area contributed by atoms with Crippen LogP contribution in [0.1, 0.15) is 41.0 Å². The Hall–Kier alpha value is -1.79. The molecule has 0 unspecified atom stereocenters. The Morgan fingerprint density at radius 2 is 2.04 bits per heavy atom. The first-order valence-electron chi connectivity index (χ1n) is 8.25. The van der Waals surface area contributed by atoms with Gasteiger partial charge in [-0.15, -0.1) is 11.3 Å². The van der Waals surface area contributed by atoms with Crippen molar-refractivity contribution in [1.82, 2.24) is 9.88 Å². The van der Waals surface area contributed by atoms with E-state index >= 15 is 0 Å². The molecule has 1 amide bonds. The highest BCUT2D eigenvalue weighted by Gasteiger charge is 2.34. The molecule has 1 aromatic carbocycles. The number of carbonyl (C=O) groups is 1. The molecule has 2 aromatic rings. The molecule has 1 fully saturated rings. The number of unbranched alkanes of at least 4 members (excludes halogenated alkanes) is 1. The Morgan fingerprint density at radius 1 is 1.33 bits per heavy atom. The van der Waals surface area contributed by atoms with Crippen LogP contribution in [0.4, 0.5) is 4.39 Å². The zero-order valence-electron chi connectivity index (χ0n) is 13.7. The van der Waals surface area contributed by atoms with E-state index in [1.54, 1.807) is 12.1 Å². The Bertz CT molecular complexity index is 710. The fraction of sp³-hybridized carbons (Fsp3) is 0.444. The molecule has 0 spiro atoms. The molecule has 0 bridgehead atoms. The van der Waals surface area contributed by atoms with E-state index in [1.165, 1.54) is 23.5 Å². The predicted octanol–water partition coefficient (Wildman–Crippen LogP) is 3.63. The summed E-state index contributed by atoms with van der Waals surface area (Å²) in [5.74, 6) is -0.258. The lowest BCUT2D eigenvalue weighted by atomic mass is 10.2. The van der Waals surface area contributed by atoms with Crippen molar-refractivity contribution in [2.75, 3.05) is 13.2 Å². The second kappa shape index (κ2) is 7.40. The third-order valence-electron chi connectivity index (χ3n) is 4.14. The fourth-order valence-electron chi connectivity index (χ4n) is 2.67. The molecule has 1 aliphatic carbocycles. The number of halogens is 1. The number of rotatable bonds is 7. The van der Waals surface area contributed by atoms with Gasteiger partial charge in [-0.1, -0.05) is 0 Å². The average molecular weight is 348 g/mol. The van der Waals surface area contributed by atoms with E-state index in [-0.39, 0.29) is 18.3 Å². The van der Waals surface area contributed by atoms with Crippen LogP contribution in [0.2, 0.25) is 0 Å². The maximum Gasteiger partial charge on any atom is 0.266 e. The van der Waals surface area contributed by atoms with Crippen molar-refractivity contribution >= 4 is 17.2 Å². The Labute approximate surface area is 145 Å². The highest BCUT2D eigenvalue weighted by Crippen LogP contribution is 2.33. The van der Waals surface area contributed by atoms with E-state index in [1.807, 2.05) is 11.8 Å². The molecule has 6 heteroatoms. The van der Waals surface area contributed by atoms with Crippen LogP contribution in [0.3, 0.4) is 0 Å². The molecule has 4 nitrogen and oxygen atoms in total. The van der Waals surface area contributed by atoms with E-state index in [9.17, 15) is 9.18 Å². The minimum Gasteiger partial charge on any atom is -0.396 e. The van der Waals surface area contributed by atoms with Crippen LogP contribution in [-0.4, -0.2) is 40.1 Å². The number of aryl methyl sites for hydroxylation is 1. The number of aliphatic hydroxyl groups is 1. The van der Waals surface area contributed by atoms with Gasteiger partial charge in [0, 0.05) is 24.8 Å². The lowest BCUT2D eigenvalue weighted by Crippen LogP contribution is -2.34. The van der Waals surface area contributed by atoms with Crippen molar-refractivity contribution in [3.8, 4) is 10.6 Å². The van der Waals surface area contributed by atoms with Gasteiger partial charge in [0.1, 0.15) is 15.7 Å². The van der Waals surface area contributed by atoms with Gasteiger partial charge in [0.2, 0.25) is 0 Å². The molecule has 1 aromatic heterocycles. The van der Waals surface area contributed by atoms with Gasteiger partial charge in [-0.2, -0.15) is 0 Å². The molecule has 1 aliphatic rings. The lowest BCUT2D eigenvalue weighted by molar-refractivity contribution is 0.0741. The third kappa shape index (κ3) is 3.82. The van der Waals surface area contributed by atoms with Gasteiger partial charge in [-0.25, -0.2) is 9.37 Å². The Morgan fingerprint density at radius 3 is 2.67 bits per heavy atom. The largest absolute Gasteiger partial charge is 0.396 e. The number of thiazole rings is 1. The monoisotopic (exact) mass is 348 g/mol. The normalized spacial score (nSPS) is 14.0. The van der Waals surface area contributed by atoms with Crippen LogP contribution in [0.5, 0.6) is 0 Å². The molecular weight excluding hydrogens is 327 g/mol. The van der Waals surface area contributed by atoms with Crippen LogP contribution in [-0.2, 0) is 0 Å². The van der Waals surface area contributed by atoms with Crippen molar-refractivity contribution in [2.45, 2.75) is 38.6 Å². The first-order valence-corrected chi connectivity index (χ1v) is 9.07. The molecule has 24 heavy (non-hydrogen) atoms. The number of carbonyl (C=O) groups excluding carboxylic acids is 1. The molecule has 1 N–H and O–H groups in total. The third-order valence-corrected chi connectivity index (χ3v) is 5.33. The van der Waals surface area contributed by atoms with E-state index in [2.05, 4.69) is 4.98 Å². The summed E-state index contributed by atoms with van der Waals surface area (Å²) >= 11 is 1.37. The second-order valence-electron chi connectivity index (χ2n) is 6.10. The molecule has 1 saturated carbocycles. The van der Waals surface area contributed by atoms with Gasteiger partial charge in [0.15, 0.2) is 0 Å². The molecule has 0 saturated heterocycles. The predicted molar refractivity (Wildman–Crippen MR) is 92.6 cm³/mol. The zero-order chi connectivity index (χ0) is 17.1. The van der Waals surface area contributed by atoms with Gasteiger partial charge in [0.25, 0.3) is 5.91 Å². The minimum atomic E-state index is -0.285. The molecule has 0 aliphatic heterocycles. The summed E-state index contributed by atoms with van der Waals surface area (Å²) in [7, 11) is 0. The summed E-state index contributed by atoms with van der Waals surface area (Å²) in [6, 6.07) is 6.49. The molecule has 1 heterocycles. The summed E-state index contributed by atoms with van der Waals surface area (Å²) in [5, 5.41) is 9.68. The molecular formula is C18H21FN2O2S. The van der Waals surface area contributed by atoms with Crippen molar-refractivity contribution in [3.63, 3.8) is 0 Å². The van der Waals surface area contributed by atoms with E-state index < -0.39 is 0 Å². The molecule has 128 valence electrons. The highest BCUT2D eigenvalue weighted by molar-refractivity contribution is 7.17. The summed E-state index contributed by atoms with van der Waals surface area (Å²) in [6.45, 7) is 2.67. The number of nitrogens with zero attached hydrogens (tertiary/aromatic N) is 2. The number of hydrogen-bond donors (Lipinski definition) is 1. The van der Waals surface area contributed by atoms with Crippen molar-refractivity contribution in [1.29, 1.82) is 0 Å². The SMILES string of the molecule is Cc1nc(-c2ccc(F)cc2)sc1C(=O)N(CCCCO)C1CC1. The van der Waals surface area contributed by atoms with Crippen molar-refractivity contribution in [3.05, 3.63) is 40.7 Å². The van der Waals surface area contributed by atoms with E-state index in [4.69, 9.17) is 5.11 Å².